The Labute approximate surface area is 128 Å². The van der Waals surface area contributed by atoms with Crippen LogP contribution in [0.3, 0.4) is 0 Å². The molecule has 0 radical (unpaired) electrons. The summed E-state index contributed by atoms with van der Waals surface area (Å²) in [4.78, 5) is 0. The Morgan fingerprint density at radius 1 is 1.14 bits per heavy atom. The molecule has 0 bridgehead atoms. The van der Waals surface area contributed by atoms with Gasteiger partial charge in [-0.25, -0.2) is 0 Å². The Morgan fingerprint density at radius 3 is 2.95 bits per heavy atom. The van der Waals surface area contributed by atoms with Crippen LogP contribution in [-0.4, -0.2) is 25.8 Å². The van der Waals surface area contributed by atoms with Gasteiger partial charge in [0.1, 0.15) is 0 Å². The number of hydrogen-bond donors (Lipinski definition) is 2. The van der Waals surface area contributed by atoms with E-state index in [2.05, 4.69) is 28.8 Å². The first-order chi connectivity index (χ1) is 10.4. The van der Waals surface area contributed by atoms with Crippen molar-refractivity contribution in [2.75, 3.05) is 25.0 Å². The lowest BCUT2D eigenvalue weighted by molar-refractivity contribution is 0.0302. The molecule has 1 saturated carbocycles. The lowest BCUT2D eigenvalue weighted by Gasteiger charge is -2.23. The summed E-state index contributed by atoms with van der Waals surface area (Å²) in [6.45, 7) is 3.83. The topological polar surface area (TPSA) is 33.3 Å². The average Bonchev–Trinajstić information content (AvgIpc) is 2.56. The maximum Gasteiger partial charge on any atom is 0.0594 e. The van der Waals surface area contributed by atoms with Gasteiger partial charge in [-0.2, -0.15) is 0 Å². The molecule has 3 rings (SSSR count). The van der Waals surface area contributed by atoms with Gasteiger partial charge in [-0.05, 0) is 36.8 Å². The molecule has 0 unspecified atom stereocenters. The minimum atomic E-state index is 0.520. The molecule has 1 fully saturated rings. The minimum absolute atomic E-state index is 0.520. The molecule has 0 amide bonds. The minimum Gasteiger partial charge on any atom is -0.385 e. The van der Waals surface area contributed by atoms with Crippen LogP contribution in [0.2, 0.25) is 0 Å². The number of aryl methyl sites for hydroxylation is 1. The fourth-order valence-electron chi connectivity index (χ4n) is 3.48. The molecular weight excluding hydrogens is 260 g/mol. The van der Waals surface area contributed by atoms with Crippen LogP contribution in [0, 0.1) is 0 Å². The van der Waals surface area contributed by atoms with Gasteiger partial charge in [0.15, 0.2) is 0 Å². The summed E-state index contributed by atoms with van der Waals surface area (Å²) in [5.41, 5.74) is 4.23. The predicted octanol–water partition coefficient (Wildman–Crippen LogP) is 3.48. The molecule has 3 nitrogen and oxygen atoms in total. The molecule has 21 heavy (non-hydrogen) atoms. The van der Waals surface area contributed by atoms with E-state index in [1.807, 2.05) is 0 Å². The van der Waals surface area contributed by atoms with E-state index in [4.69, 9.17) is 4.74 Å². The van der Waals surface area contributed by atoms with Crippen LogP contribution in [0.1, 0.15) is 49.7 Å². The molecule has 116 valence electrons. The van der Waals surface area contributed by atoms with Gasteiger partial charge >= 0.3 is 0 Å². The molecule has 0 spiro atoms. The lowest BCUT2D eigenvalue weighted by Crippen LogP contribution is -2.25. The first kappa shape index (κ1) is 14.9. The molecule has 1 aromatic carbocycles. The van der Waals surface area contributed by atoms with Crippen molar-refractivity contribution >= 4 is 5.69 Å². The van der Waals surface area contributed by atoms with Gasteiger partial charge in [0.05, 0.1) is 12.7 Å². The number of nitrogens with one attached hydrogen (secondary N) is 2. The zero-order chi connectivity index (χ0) is 14.3. The maximum absolute atomic E-state index is 5.96. The predicted molar refractivity (Wildman–Crippen MR) is 87.8 cm³/mol. The Bertz CT molecular complexity index is 441. The highest BCUT2D eigenvalue weighted by Crippen LogP contribution is 2.25. The normalized spacial score (nSPS) is 19.0. The van der Waals surface area contributed by atoms with Crippen LogP contribution in [0.25, 0.3) is 0 Å². The van der Waals surface area contributed by atoms with Crippen LogP contribution >= 0.6 is 0 Å². The zero-order valence-electron chi connectivity index (χ0n) is 13.0. The number of rotatable bonds is 6. The first-order valence-electron chi connectivity index (χ1n) is 8.60. The Balaban J connectivity index is 1.39. The number of anilines is 1. The van der Waals surface area contributed by atoms with Gasteiger partial charge in [-0.1, -0.05) is 37.5 Å². The summed E-state index contributed by atoms with van der Waals surface area (Å²) in [5.74, 6) is 0. The van der Waals surface area contributed by atoms with E-state index < -0.39 is 0 Å². The van der Waals surface area contributed by atoms with Crippen molar-refractivity contribution in [3.05, 3.63) is 29.3 Å². The summed E-state index contributed by atoms with van der Waals surface area (Å²) in [6.07, 6.45) is 9.59. The Morgan fingerprint density at radius 2 is 2.05 bits per heavy atom. The molecule has 3 heteroatoms. The third-order valence-corrected chi connectivity index (χ3v) is 4.66. The molecule has 1 aromatic rings. The van der Waals surface area contributed by atoms with E-state index in [1.165, 1.54) is 61.8 Å². The lowest BCUT2D eigenvalue weighted by atomic mass is 9.98. The van der Waals surface area contributed by atoms with E-state index in [1.54, 1.807) is 0 Å². The van der Waals surface area contributed by atoms with Gasteiger partial charge in [0.2, 0.25) is 0 Å². The molecule has 1 aliphatic heterocycles. The number of hydrogen-bond acceptors (Lipinski definition) is 3. The summed E-state index contributed by atoms with van der Waals surface area (Å²) >= 11 is 0. The average molecular weight is 288 g/mol. The molecule has 0 atom stereocenters. The van der Waals surface area contributed by atoms with Crippen molar-refractivity contribution in [2.24, 2.45) is 0 Å². The fraction of sp³-hybridized carbons (Fsp3) is 0.667. The first-order valence-corrected chi connectivity index (χ1v) is 8.60. The van der Waals surface area contributed by atoms with Gasteiger partial charge in [-0.15, -0.1) is 0 Å². The monoisotopic (exact) mass is 288 g/mol. The van der Waals surface area contributed by atoms with Gasteiger partial charge in [0.25, 0.3) is 0 Å². The van der Waals surface area contributed by atoms with Crippen molar-refractivity contribution in [1.29, 1.82) is 0 Å². The molecule has 1 heterocycles. The number of ether oxygens (including phenoxy) is 1. The third kappa shape index (κ3) is 4.21. The highest BCUT2D eigenvalue weighted by Gasteiger charge is 2.14. The number of benzene rings is 1. The van der Waals surface area contributed by atoms with Gasteiger partial charge in [0, 0.05) is 25.3 Å². The van der Waals surface area contributed by atoms with E-state index in [0.717, 1.165) is 26.2 Å². The second kappa shape index (κ2) is 7.81. The van der Waals surface area contributed by atoms with Crippen molar-refractivity contribution in [2.45, 2.75) is 57.6 Å². The Kier molecular flexibility index (Phi) is 5.53. The van der Waals surface area contributed by atoms with E-state index in [9.17, 15) is 0 Å². The number of fused-ring (bicyclic) bond motifs is 1. The summed E-state index contributed by atoms with van der Waals surface area (Å²) < 4.78 is 5.96. The molecule has 0 aromatic heterocycles. The molecular formula is C18H28N2O. The van der Waals surface area contributed by atoms with Crippen molar-refractivity contribution in [3.8, 4) is 0 Å². The summed E-state index contributed by atoms with van der Waals surface area (Å²) in [6, 6.07) is 6.66. The second-order valence-electron chi connectivity index (χ2n) is 6.29. The highest BCUT2D eigenvalue weighted by molar-refractivity contribution is 5.59. The third-order valence-electron chi connectivity index (χ3n) is 4.66. The molecule has 0 saturated heterocycles. The van der Waals surface area contributed by atoms with Crippen LogP contribution in [0.4, 0.5) is 5.69 Å². The van der Waals surface area contributed by atoms with Crippen LogP contribution in [0.15, 0.2) is 18.2 Å². The largest absolute Gasteiger partial charge is 0.385 e. The van der Waals surface area contributed by atoms with Gasteiger partial charge in [-0.3, -0.25) is 0 Å². The summed E-state index contributed by atoms with van der Waals surface area (Å²) in [7, 11) is 0. The molecule has 2 aliphatic rings. The van der Waals surface area contributed by atoms with E-state index in [-0.39, 0.29) is 0 Å². The van der Waals surface area contributed by atoms with Crippen molar-refractivity contribution in [1.82, 2.24) is 5.32 Å². The maximum atomic E-state index is 5.96. The van der Waals surface area contributed by atoms with Crippen molar-refractivity contribution in [3.63, 3.8) is 0 Å². The van der Waals surface area contributed by atoms with Gasteiger partial charge < -0.3 is 15.4 Å². The highest BCUT2D eigenvalue weighted by atomic mass is 16.5. The second-order valence-corrected chi connectivity index (χ2v) is 6.29. The van der Waals surface area contributed by atoms with E-state index in [0.29, 0.717) is 6.10 Å². The van der Waals surface area contributed by atoms with Crippen LogP contribution < -0.4 is 10.6 Å². The summed E-state index contributed by atoms with van der Waals surface area (Å²) in [5, 5.41) is 7.08. The van der Waals surface area contributed by atoms with Crippen LogP contribution in [0.5, 0.6) is 0 Å². The quantitative estimate of drug-likeness (QED) is 0.786. The van der Waals surface area contributed by atoms with Crippen molar-refractivity contribution < 1.29 is 4.74 Å². The SMILES string of the molecule is c1cc2c(c(CNCCOC3CCCCC3)c1)NCCC2. The smallest absolute Gasteiger partial charge is 0.0594 e. The molecule has 1 aliphatic carbocycles. The Hall–Kier alpha value is -1.06. The standard InChI is InChI=1S/C18H28N2O/c1-2-9-17(10-3-1)21-13-12-19-14-16-7-4-6-15-8-5-11-20-18(15)16/h4,6-7,17,19-20H,1-3,5,8-14H2. The van der Waals surface area contributed by atoms with E-state index >= 15 is 0 Å². The number of para-hydroxylation sites is 1. The molecule has 2 N–H and O–H groups in total. The zero-order valence-corrected chi connectivity index (χ0v) is 13.0. The van der Waals surface area contributed by atoms with Crippen LogP contribution in [-0.2, 0) is 17.7 Å². The fourth-order valence-corrected chi connectivity index (χ4v) is 3.48.